The molecule has 0 fully saturated rings. The molecule has 0 bridgehead atoms. The van der Waals surface area contributed by atoms with E-state index >= 15 is 0 Å². The lowest BCUT2D eigenvalue weighted by Crippen LogP contribution is -2.08. The lowest BCUT2D eigenvalue weighted by molar-refractivity contribution is -0.131. The fraction of sp³-hybridized carbons (Fsp3) is 0. The molecule has 2 N–H and O–H groups in total. The van der Waals surface area contributed by atoms with Crippen molar-refractivity contribution in [1.29, 1.82) is 0 Å². The van der Waals surface area contributed by atoms with Gasteiger partial charge in [0.1, 0.15) is 11.5 Å². The van der Waals surface area contributed by atoms with E-state index in [4.69, 9.17) is 18.6 Å². The van der Waals surface area contributed by atoms with Crippen molar-refractivity contribution >= 4 is 32.2 Å². The molecule has 0 atom stereocenters. The molecule has 148 valence electrons. The van der Waals surface area contributed by atoms with Crippen molar-refractivity contribution in [2.45, 2.75) is 9.79 Å². The van der Waals surface area contributed by atoms with E-state index in [0.717, 1.165) is 60.7 Å². The predicted octanol–water partition coefficient (Wildman–Crippen LogP) is 1.25. The fourth-order valence-corrected chi connectivity index (χ4v) is 2.76. The molecule has 2 rings (SSSR count). The summed E-state index contributed by atoms with van der Waals surface area (Å²) in [5.41, 5.74) is 0. The van der Waals surface area contributed by atoms with Gasteiger partial charge >= 0.3 is 11.9 Å². The number of ether oxygens (including phenoxy) is 2. The van der Waals surface area contributed by atoms with Crippen molar-refractivity contribution in [3.63, 3.8) is 0 Å². The number of hydrogen-bond donors (Lipinski definition) is 2. The van der Waals surface area contributed by atoms with Crippen LogP contribution >= 0.6 is 0 Å². The number of benzene rings is 2. The van der Waals surface area contributed by atoms with Crippen LogP contribution in [0.4, 0.5) is 0 Å². The first-order valence-corrected chi connectivity index (χ1v) is 10.1. The van der Waals surface area contributed by atoms with Crippen molar-refractivity contribution in [1.82, 2.24) is 0 Å². The maximum Gasteiger partial charge on any atom is 0.336 e. The first kappa shape index (κ1) is 21.2. The second kappa shape index (κ2) is 8.31. The van der Waals surface area contributed by atoms with E-state index in [0.29, 0.717) is 0 Å². The topological polar surface area (TPSA) is 161 Å². The zero-order chi connectivity index (χ0) is 20.9. The first-order chi connectivity index (χ1) is 12.9. The summed E-state index contributed by atoms with van der Waals surface area (Å²) in [5.74, 6) is -1.98. The van der Waals surface area contributed by atoms with Gasteiger partial charge in [-0.05, 0) is 48.5 Å². The van der Waals surface area contributed by atoms with Crippen LogP contribution in [0.2, 0.25) is 0 Å². The van der Waals surface area contributed by atoms with Gasteiger partial charge < -0.3 is 9.47 Å². The average Bonchev–Trinajstić information content (AvgIpc) is 2.59. The minimum atomic E-state index is -4.37. The third-order valence-corrected chi connectivity index (χ3v) is 4.77. The molecule has 0 saturated heterocycles. The molecule has 0 aliphatic heterocycles. The summed E-state index contributed by atoms with van der Waals surface area (Å²) >= 11 is 0. The second-order valence-corrected chi connectivity index (χ2v) is 7.91. The fourth-order valence-electron chi connectivity index (χ4n) is 1.80. The van der Waals surface area contributed by atoms with E-state index in [9.17, 15) is 26.4 Å². The van der Waals surface area contributed by atoms with E-state index in [1.807, 2.05) is 0 Å². The van der Waals surface area contributed by atoms with Crippen molar-refractivity contribution in [2.24, 2.45) is 0 Å². The minimum Gasteiger partial charge on any atom is -0.423 e. The summed E-state index contributed by atoms with van der Waals surface area (Å²) < 4.78 is 71.0. The van der Waals surface area contributed by atoms with Gasteiger partial charge in [-0.1, -0.05) is 0 Å². The first-order valence-electron chi connectivity index (χ1n) is 7.22. The predicted molar refractivity (Wildman–Crippen MR) is 92.9 cm³/mol. The summed E-state index contributed by atoms with van der Waals surface area (Å²) in [7, 11) is -8.75. The molecule has 0 radical (unpaired) electrons. The lowest BCUT2D eigenvalue weighted by Gasteiger charge is -2.03. The largest absolute Gasteiger partial charge is 0.423 e. The maximum atomic E-state index is 11.6. The molecule has 0 spiro atoms. The maximum absolute atomic E-state index is 11.6. The molecule has 2 aromatic carbocycles. The van der Waals surface area contributed by atoms with Crippen molar-refractivity contribution in [2.75, 3.05) is 0 Å². The van der Waals surface area contributed by atoms with Crippen LogP contribution < -0.4 is 9.47 Å². The molecule has 0 heterocycles. The number of esters is 2. The van der Waals surface area contributed by atoms with Crippen LogP contribution in [0, 0.1) is 0 Å². The molecule has 0 amide bonds. The number of carbonyl (C=O) groups excluding carboxylic acids is 2. The number of carbonyl (C=O) groups is 2. The smallest absolute Gasteiger partial charge is 0.336 e. The third kappa shape index (κ3) is 6.28. The van der Waals surface area contributed by atoms with Gasteiger partial charge in [-0.15, -0.1) is 0 Å². The van der Waals surface area contributed by atoms with Crippen LogP contribution in [0.1, 0.15) is 0 Å². The van der Waals surface area contributed by atoms with Crippen LogP contribution in [-0.2, 0) is 29.8 Å². The highest BCUT2D eigenvalue weighted by molar-refractivity contribution is 7.86. The van der Waals surface area contributed by atoms with E-state index in [2.05, 4.69) is 0 Å². The van der Waals surface area contributed by atoms with Gasteiger partial charge in [0.05, 0.1) is 9.79 Å². The second-order valence-electron chi connectivity index (χ2n) is 5.07. The molecule has 28 heavy (non-hydrogen) atoms. The average molecular weight is 428 g/mol. The van der Waals surface area contributed by atoms with Gasteiger partial charge in [0, 0.05) is 12.2 Å². The number of rotatable bonds is 6. The van der Waals surface area contributed by atoms with Crippen LogP contribution in [-0.4, -0.2) is 37.9 Å². The zero-order valence-electron chi connectivity index (χ0n) is 13.8. The van der Waals surface area contributed by atoms with E-state index in [1.54, 1.807) is 0 Å². The summed E-state index contributed by atoms with van der Waals surface area (Å²) in [6.07, 6.45) is 1.51. The highest BCUT2D eigenvalue weighted by Crippen LogP contribution is 2.17. The highest BCUT2D eigenvalue weighted by atomic mass is 32.2. The van der Waals surface area contributed by atoms with Crippen LogP contribution in [0.3, 0.4) is 0 Å². The molecule has 0 aromatic heterocycles. The van der Waals surface area contributed by atoms with Crippen LogP contribution in [0.15, 0.2) is 70.5 Å². The summed E-state index contributed by atoms with van der Waals surface area (Å²) in [4.78, 5) is 22.5. The van der Waals surface area contributed by atoms with Gasteiger partial charge in [-0.3, -0.25) is 9.11 Å². The molecule has 0 saturated carbocycles. The zero-order valence-corrected chi connectivity index (χ0v) is 15.4. The molecule has 10 nitrogen and oxygen atoms in total. The van der Waals surface area contributed by atoms with Crippen LogP contribution in [0.25, 0.3) is 0 Å². The Bertz CT molecular complexity index is 1020. The molecule has 2 aromatic rings. The SMILES string of the molecule is O=C(/C=C\C(=O)Oc1ccc(S(=O)(=O)O)cc1)Oc1ccc(S(=O)(=O)O)cc1. The summed E-state index contributed by atoms with van der Waals surface area (Å²) in [5, 5.41) is 0. The Kier molecular flexibility index (Phi) is 6.30. The Morgan fingerprint density at radius 2 is 0.929 bits per heavy atom. The molecular formula is C16H12O10S2. The Hall–Kier alpha value is -3.06. The summed E-state index contributed by atoms with van der Waals surface area (Å²) in [6.45, 7) is 0. The Morgan fingerprint density at radius 3 is 1.18 bits per heavy atom. The van der Waals surface area contributed by atoms with E-state index in [-0.39, 0.29) is 21.3 Å². The van der Waals surface area contributed by atoms with Gasteiger partial charge in [0.2, 0.25) is 0 Å². The minimum absolute atomic E-state index is 0.0313. The molecule has 12 heteroatoms. The van der Waals surface area contributed by atoms with Gasteiger partial charge in [0.15, 0.2) is 0 Å². The van der Waals surface area contributed by atoms with Crippen molar-refractivity contribution < 1.29 is 45.0 Å². The monoisotopic (exact) mass is 428 g/mol. The molecular weight excluding hydrogens is 416 g/mol. The molecule has 0 aliphatic carbocycles. The van der Waals surface area contributed by atoms with Crippen molar-refractivity contribution in [3.8, 4) is 11.5 Å². The summed E-state index contributed by atoms with van der Waals surface area (Å²) in [6, 6.07) is 8.60. The Morgan fingerprint density at radius 1 is 0.643 bits per heavy atom. The standard InChI is InChI=1S/C16H12O10S2/c17-15(25-11-1-5-13(6-2-11)27(19,20)21)9-10-16(18)26-12-3-7-14(8-4-12)28(22,23)24/h1-10H,(H,19,20,21)(H,22,23,24)/b10-9-. The van der Waals surface area contributed by atoms with Gasteiger partial charge in [0.25, 0.3) is 20.2 Å². The van der Waals surface area contributed by atoms with E-state index < -0.39 is 32.2 Å². The Balaban J connectivity index is 1.93. The lowest BCUT2D eigenvalue weighted by atomic mass is 10.3. The third-order valence-electron chi connectivity index (χ3n) is 3.04. The molecule has 0 unspecified atom stereocenters. The van der Waals surface area contributed by atoms with E-state index in [1.165, 1.54) is 0 Å². The highest BCUT2D eigenvalue weighted by Gasteiger charge is 2.11. The normalized spacial score (nSPS) is 11.9. The Labute approximate surface area is 159 Å². The quantitative estimate of drug-likeness (QED) is 0.296. The van der Waals surface area contributed by atoms with Gasteiger partial charge in [-0.2, -0.15) is 16.8 Å². The molecule has 0 aliphatic rings. The van der Waals surface area contributed by atoms with Gasteiger partial charge in [-0.25, -0.2) is 9.59 Å². The number of hydrogen-bond acceptors (Lipinski definition) is 8. The van der Waals surface area contributed by atoms with Crippen molar-refractivity contribution in [3.05, 3.63) is 60.7 Å². The van der Waals surface area contributed by atoms with Crippen LogP contribution in [0.5, 0.6) is 11.5 Å².